The molecule has 0 aliphatic carbocycles. The van der Waals surface area contributed by atoms with Gasteiger partial charge in [0.15, 0.2) is 0 Å². The summed E-state index contributed by atoms with van der Waals surface area (Å²) in [7, 11) is 0. The summed E-state index contributed by atoms with van der Waals surface area (Å²) in [5, 5.41) is 12.0. The van der Waals surface area contributed by atoms with Crippen molar-refractivity contribution in [3.8, 4) is 0 Å². The summed E-state index contributed by atoms with van der Waals surface area (Å²) >= 11 is 1.73. The molecule has 74 valence electrons. The maximum atomic E-state index is 10.7. The molecule has 1 spiro atoms. The van der Waals surface area contributed by atoms with Crippen molar-refractivity contribution in [1.82, 2.24) is 5.32 Å². The zero-order valence-corrected chi connectivity index (χ0v) is 8.10. The van der Waals surface area contributed by atoms with E-state index in [1.54, 1.807) is 11.8 Å². The van der Waals surface area contributed by atoms with Gasteiger partial charge in [0.25, 0.3) is 0 Å². The predicted octanol–water partition coefficient (Wildman–Crippen LogP) is 0.283. The third kappa shape index (κ3) is 1.82. The van der Waals surface area contributed by atoms with Gasteiger partial charge in [-0.25, -0.2) is 0 Å². The van der Waals surface area contributed by atoms with Gasteiger partial charge < -0.3 is 9.84 Å². The van der Waals surface area contributed by atoms with Crippen molar-refractivity contribution in [2.24, 2.45) is 0 Å². The Morgan fingerprint density at radius 1 is 1.54 bits per heavy atom. The fourth-order valence-electron chi connectivity index (χ4n) is 1.77. The molecule has 0 radical (unpaired) electrons. The average Bonchev–Trinajstić information content (AvgIpc) is 2.51. The first-order chi connectivity index (χ1) is 6.22. The van der Waals surface area contributed by atoms with Crippen molar-refractivity contribution >= 4 is 17.7 Å². The van der Waals surface area contributed by atoms with Crippen LogP contribution in [-0.4, -0.2) is 41.0 Å². The second-order valence-electron chi connectivity index (χ2n) is 3.45. The van der Waals surface area contributed by atoms with Gasteiger partial charge in [-0.15, -0.1) is 11.8 Å². The van der Waals surface area contributed by atoms with Crippen LogP contribution >= 0.6 is 11.8 Å². The Morgan fingerprint density at radius 2 is 2.23 bits per heavy atom. The highest BCUT2D eigenvalue weighted by Gasteiger charge is 2.42. The molecule has 2 fully saturated rings. The van der Waals surface area contributed by atoms with Crippen LogP contribution in [0, 0.1) is 0 Å². The second kappa shape index (κ2) is 3.48. The lowest BCUT2D eigenvalue weighted by atomic mass is 10.1. The van der Waals surface area contributed by atoms with Gasteiger partial charge in [0.05, 0.1) is 4.87 Å². The molecule has 0 saturated carbocycles. The van der Waals surface area contributed by atoms with Crippen LogP contribution in [-0.2, 0) is 9.53 Å². The molecule has 2 heterocycles. The summed E-state index contributed by atoms with van der Waals surface area (Å²) in [5.74, 6) is -0.0640. The molecule has 1 atom stereocenters. The molecular formula is C8H13NO3S. The average molecular weight is 203 g/mol. The number of rotatable bonds is 1. The first-order valence-electron chi connectivity index (χ1n) is 4.44. The summed E-state index contributed by atoms with van der Waals surface area (Å²) in [4.78, 5) is 10.7. The molecule has 2 N–H and O–H groups in total. The predicted molar refractivity (Wildman–Crippen MR) is 49.8 cm³/mol. The van der Waals surface area contributed by atoms with E-state index in [1.807, 2.05) is 0 Å². The van der Waals surface area contributed by atoms with E-state index in [0.717, 1.165) is 26.1 Å². The minimum Gasteiger partial charge on any atom is -0.480 e. The molecule has 2 aliphatic rings. The zero-order valence-electron chi connectivity index (χ0n) is 7.28. The molecule has 0 aromatic rings. The van der Waals surface area contributed by atoms with Gasteiger partial charge in [0.1, 0.15) is 6.04 Å². The van der Waals surface area contributed by atoms with Crippen LogP contribution < -0.4 is 5.32 Å². The van der Waals surface area contributed by atoms with Gasteiger partial charge in [-0.2, -0.15) is 0 Å². The number of ether oxygens (including phenoxy) is 1. The zero-order chi connectivity index (χ0) is 9.31. The molecule has 4 nitrogen and oxygen atoms in total. The van der Waals surface area contributed by atoms with E-state index in [9.17, 15) is 4.79 Å². The largest absolute Gasteiger partial charge is 0.480 e. The third-order valence-corrected chi connectivity index (χ3v) is 4.14. The van der Waals surface area contributed by atoms with Crippen LogP contribution in [0.25, 0.3) is 0 Å². The van der Waals surface area contributed by atoms with E-state index in [4.69, 9.17) is 9.84 Å². The number of hydrogen-bond acceptors (Lipinski definition) is 4. The van der Waals surface area contributed by atoms with Crippen LogP contribution in [0.2, 0.25) is 0 Å². The standard InChI is InChI=1S/C8H13NO3S/c10-7(11)6-5-13-8(9-6)1-3-12-4-2-8/h6,9H,1-5H2,(H,10,11). The van der Waals surface area contributed by atoms with Crippen molar-refractivity contribution in [3.05, 3.63) is 0 Å². The number of carboxylic acids is 1. The highest BCUT2D eigenvalue weighted by Crippen LogP contribution is 2.38. The molecular weight excluding hydrogens is 190 g/mol. The Morgan fingerprint density at radius 3 is 2.77 bits per heavy atom. The maximum absolute atomic E-state index is 10.7. The van der Waals surface area contributed by atoms with Crippen molar-refractivity contribution in [2.45, 2.75) is 23.8 Å². The van der Waals surface area contributed by atoms with E-state index in [2.05, 4.69) is 5.32 Å². The Balaban J connectivity index is 1.98. The molecule has 0 bridgehead atoms. The number of carboxylic acid groups (broad SMARTS) is 1. The molecule has 0 aromatic carbocycles. The van der Waals surface area contributed by atoms with Gasteiger partial charge in [-0.05, 0) is 12.8 Å². The lowest BCUT2D eigenvalue weighted by Gasteiger charge is -2.32. The topological polar surface area (TPSA) is 58.6 Å². The number of nitrogens with one attached hydrogen (secondary N) is 1. The summed E-state index contributed by atoms with van der Waals surface area (Å²) in [6.45, 7) is 1.48. The van der Waals surface area contributed by atoms with Crippen LogP contribution in [0.1, 0.15) is 12.8 Å². The number of carbonyl (C=O) groups is 1. The van der Waals surface area contributed by atoms with E-state index >= 15 is 0 Å². The molecule has 2 rings (SSSR count). The van der Waals surface area contributed by atoms with Gasteiger partial charge in [0, 0.05) is 19.0 Å². The Labute approximate surface area is 81.0 Å². The third-order valence-electron chi connectivity index (χ3n) is 2.56. The molecule has 5 heteroatoms. The molecule has 0 aromatic heterocycles. The Kier molecular flexibility index (Phi) is 2.49. The van der Waals surface area contributed by atoms with Crippen molar-refractivity contribution in [1.29, 1.82) is 0 Å². The fourth-order valence-corrected chi connectivity index (χ4v) is 3.16. The Hall–Kier alpha value is -0.260. The first-order valence-corrected chi connectivity index (χ1v) is 5.43. The SMILES string of the molecule is O=C(O)C1CSC2(CCOCC2)N1. The molecule has 2 aliphatic heterocycles. The van der Waals surface area contributed by atoms with Gasteiger partial charge in [0.2, 0.25) is 0 Å². The number of thioether (sulfide) groups is 1. The van der Waals surface area contributed by atoms with Crippen LogP contribution in [0.3, 0.4) is 0 Å². The highest BCUT2D eigenvalue weighted by molar-refractivity contribution is 8.00. The summed E-state index contributed by atoms with van der Waals surface area (Å²) in [5.41, 5.74) is 0. The molecule has 13 heavy (non-hydrogen) atoms. The smallest absolute Gasteiger partial charge is 0.321 e. The molecule has 0 amide bonds. The number of aliphatic carboxylic acids is 1. The van der Waals surface area contributed by atoms with Gasteiger partial charge in [-0.3, -0.25) is 10.1 Å². The fraction of sp³-hybridized carbons (Fsp3) is 0.875. The minimum atomic E-state index is -0.740. The van der Waals surface area contributed by atoms with Crippen LogP contribution in [0.5, 0.6) is 0 Å². The van der Waals surface area contributed by atoms with E-state index in [1.165, 1.54) is 0 Å². The van der Waals surface area contributed by atoms with E-state index in [0.29, 0.717) is 5.75 Å². The second-order valence-corrected chi connectivity index (χ2v) is 4.86. The minimum absolute atomic E-state index is 0.0126. The molecule has 1 unspecified atom stereocenters. The lowest BCUT2D eigenvalue weighted by molar-refractivity contribution is -0.139. The lowest BCUT2D eigenvalue weighted by Crippen LogP contribution is -2.48. The highest BCUT2D eigenvalue weighted by atomic mass is 32.2. The normalized spacial score (nSPS) is 32.2. The van der Waals surface area contributed by atoms with Crippen LogP contribution in [0.15, 0.2) is 0 Å². The maximum Gasteiger partial charge on any atom is 0.321 e. The van der Waals surface area contributed by atoms with Crippen molar-refractivity contribution in [3.63, 3.8) is 0 Å². The number of hydrogen-bond donors (Lipinski definition) is 2. The quantitative estimate of drug-likeness (QED) is 0.641. The molecule has 2 saturated heterocycles. The summed E-state index contributed by atoms with van der Waals surface area (Å²) in [6.07, 6.45) is 1.84. The monoisotopic (exact) mass is 203 g/mol. The summed E-state index contributed by atoms with van der Waals surface area (Å²) in [6, 6.07) is -0.372. The van der Waals surface area contributed by atoms with Gasteiger partial charge >= 0.3 is 5.97 Å². The van der Waals surface area contributed by atoms with E-state index < -0.39 is 5.97 Å². The van der Waals surface area contributed by atoms with E-state index in [-0.39, 0.29) is 10.9 Å². The van der Waals surface area contributed by atoms with Crippen LogP contribution in [0.4, 0.5) is 0 Å². The first kappa shape index (κ1) is 9.30. The van der Waals surface area contributed by atoms with Crippen molar-refractivity contribution < 1.29 is 14.6 Å². The Bertz CT molecular complexity index is 215. The van der Waals surface area contributed by atoms with Gasteiger partial charge in [-0.1, -0.05) is 0 Å². The summed E-state index contributed by atoms with van der Waals surface area (Å²) < 4.78 is 5.25. The van der Waals surface area contributed by atoms with Crippen molar-refractivity contribution in [2.75, 3.05) is 19.0 Å².